The lowest BCUT2D eigenvalue weighted by atomic mass is 10.1. The number of hydrogen-bond donors (Lipinski definition) is 1. The van der Waals surface area contributed by atoms with Crippen LogP contribution in [0.1, 0.15) is 18.5 Å². The first-order valence-corrected chi connectivity index (χ1v) is 10.1. The summed E-state index contributed by atoms with van der Waals surface area (Å²) in [5.74, 6) is 0.0849. The number of sulfone groups is 1. The van der Waals surface area contributed by atoms with Gasteiger partial charge < -0.3 is 5.32 Å². The lowest BCUT2D eigenvalue weighted by Crippen LogP contribution is -2.30. The molecule has 0 bridgehead atoms. The predicted molar refractivity (Wildman–Crippen MR) is 99.4 cm³/mol. The molecule has 0 aliphatic carbocycles. The van der Waals surface area contributed by atoms with Crippen LogP contribution in [0.25, 0.3) is 11.4 Å². The molecule has 140 valence electrons. The Labute approximate surface area is 157 Å². The summed E-state index contributed by atoms with van der Waals surface area (Å²) >= 11 is 0. The zero-order chi connectivity index (χ0) is 19.4. The van der Waals surface area contributed by atoms with E-state index in [1.54, 1.807) is 12.1 Å². The predicted octanol–water partition coefficient (Wildman–Crippen LogP) is 1.62. The zero-order valence-electron chi connectivity index (χ0n) is 14.9. The van der Waals surface area contributed by atoms with Crippen LogP contribution < -0.4 is 5.32 Å². The second kappa shape index (κ2) is 7.67. The van der Waals surface area contributed by atoms with Crippen LogP contribution in [0.3, 0.4) is 0 Å². The molecule has 0 aliphatic heterocycles. The fourth-order valence-electron chi connectivity index (χ4n) is 2.52. The molecule has 3 rings (SSSR count). The average molecular weight is 385 g/mol. The third kappa shape index (κ3) is 4.76. The van der Waals surface area contributed by atoms with Crippen molar-refractivity contribution in [2.45, 2.75) is 24.4 Å². The number of aromatic nitrogens is 4. The maximum absolute atomic E-state index is 12.2. The minimum Gasteiger partial charge on any atom is -0.348 e. The van der Waals surface area contributed by atoms with Crippen molar-refractivity contribution in [3.8, 4) is 11.4 Å². The topological polar surface area (TPSA) is 107 Å². The molecule has 0 unspecified atom stereocenters. The number of benzene rings is 2. The van der Waals surface area contributed by atoms with Crippen LogP contribution in [-0.2, 0) is 21.2 Å². The van der Waals surface area contributed by atoms with Crippen LogP contribution in [0.5, 0.6) is 0 Å². The molecule has 0 aliphatic rings. The average Bonchev–Trinajstić information content (AvgIpc) is 3.10. The van der Waals surface area contributed by atoms with Crippen LogP contribution in [0, 0.1) is 0 Å². The van der Waals surface area contributed by atoms with E-state index in [0.29, 0.717) is 11.4 Å². The molecule has 27 heavy (non-hydrogen) atoms. The van der Waals surface area contributed by atoms with Gasteiger partial charge in [0.05, 0.1) is 10.9 Å². The standard InChI is InChI=1S/C18H19N5O3S/c1-13(14-6-4-3-5-7-14)19-17(24)12-23-21-18(20-22-23)15-8-10-16(11-9-15)27(2,25)26/h3-11,13H,12H2,1-2H3,(H,19,24)/t13-/m0/s1. The lowest BCUT2D eigenvalue weighted by molar-refractivity contribution is -0.122. The minimum atomic E-state index is -3.26. The number of hydrogen-bond acceptors (Lipinski definition) is 6. The highest BCUT2D eigenvalue weighted by atomic mass is 32.2. The highest BCUT2D eigenvalue weighted by Gasteiger charge is 2.13. The third-order valence-corrected chi connectivity index (χ3v) is 5.08. The fraction of sp³-hybridized carbons (Fsp3) is 0.222. The first-order valence-electron chi connectivity index (χ1n) is 8.25. The highest BCUT2D eigenvalue weighted by molar-refractivity contribution is 7.90. The van der Waals surface area contributed by atoms with E-state index < -0.39 is 9.84 Å². The summed E-state index contributed by atoms with van der Waals surface area (Å²) in [6.07, 6.45) is 1.14. The third-order valence-electron chi connectivity index (χ3n) is 3.96. The molecule has 1 amide bonds. The van der Waals surface area contributed by atoms with Gasteiger partial charge >= 0.3 is 0 Å². The van der Waals surface area contributed by atoms with Crippen LogP contribution >= 0.6 is 0 Å². The molecule has 0 radical (unpaired) electrons. The van der Waals surface area contributed by atoms with Gasteiger partial charge in [-0.1, -0.05) is 30.3 Å². The molecule has 0 saturated heterocycles. The summed E-state index contributed by atoms with van der Waals surface area (Å²) in [7, 11) is -3.26. The van der Waals surface area contributed by atoms with E-state index >= 15 is 0 Å². The maximum Gasteiger partial charge on any atom is 0.244 e. The fourth-order valence-corrected chi connectivity index (χ4v) is 3.15. The summed E-state index contributed by atoms with van der Waals surface area (Å²) in [5.41, 5.74) is 1.62. The van der Waals surface area contributed by atoms with E-state index in [2.05, 4.69) is 20.7 Å². The van der Waals surface area contributed by atoms with E-state index in [1.165, 1.54) is 16.9 Å². The van der Waals surface area contributed by atoms with Gasteiger partial charge in [-0.2, -0.15) is 4.80 Å². The molecule has 9 heteroatoms. The molecule has 8 nitrogen and oxygen atoms in total. The number of carbonyl (C=O) groups is 1. The molecule has 1 atom stereocenters. The molecule has 1 heterocycles. The van der Waals surface area contributed by atoms with Gasteiger partial charge in [-0.15, -0.1) is 10.2 Å². The van der Waals surface area contributed by atoms with Crippen molar-refractivity contribution in [1.29, 1.82) is 0 Å². The summed E-state index contributed by atoms with van der Waals surface area (Å²) in [6.45, 7) is 1.84. The number of amides is 1. The molecule has 3 aromatic rings. The van der Waals surface area contributed by atoms with Gasteiger partial charge in [-0.3, -0.25) is 4.79 Å². The smallest absolute Gasteiger partial charge is 0.244 e. The molecule has 1 aromatic heterocycles. The Balaban J connectivity index is 1.64. The Hall–Kier alpha value is -3.07. The van der Waals surface area contributed by atoms with Gasteiger partial charge in [0.25, 0.3) is 0 Å². The largest absolute Gasteiger partial charge is 0.348 e. The van der Waals surface area contributed by atoms with Gasteiger partial charge in [-0.05, 0) is 42.0 Å². The Kier molecular flexibility index (Phi) is 5.31. The summed E-state index contributed by atoms with van der Waals surface area (Å²) in [6, 6.07) is 15.7. The Morgan fingerprint density at radius 2 is 1.78 bits per heavy atom. The maximum atomic E-state index is 12.2. The normalized spacial score (nSPS) is 12.5. The molecule has 1 N–H and O–H groups in total. The van der Waals surface area contributed by atoms with Gasteiger partial charge in [-0.25, -0.2) is 8.42 Å². The minimum absolute atomic E-state index is 0.0639. The van der Waals surface area contributed by atoms with Gasteiger partial charge in [0.2, 0.25) is 11.7 Å². The van der Waals surface area contributed by atoms with Crippen molar-refractivity contribution < 1.29 is 13.2 Å². The van der Waals surface area contributed by atoms with E-state index in [4.69, 9.17) is 0 Å². The number of nitrogens with zero attached hydrogens (tertiary/aromatic N) is 4. The SMILES string of the molecule is C[C@H](NC(=O)Cn1nnc(-c2ccc(S(C)(=O)=O)cc2)n1)c1ccccc1. The van der Waals surface area contributed by atoms with Crippen molar-refractivity contribution >= 4 is 15.7 Å². The Bertz CT molecular complexity index is 1030. The van der Waals surface area contributed by atoms with E-state index in [0.717, 1.165) is 11.8 Å². The van der Waals surface area contributed by atoms with Crippen molar-refractivity contribution in [3.05, 3.63) is 60.2 Å². The van der Waals surface area contributed by atoms with E-state index in [9.17, 15) is 13.2 Å². The highest BCUT2D eigenvalue weighted by Crippen LogP contribution is 2.17. The quantitative estimate of drug-likeness (QED) is 0.691. The van der Waals surface area contributed by atoms with Crippen molar-refractivity contribution in [2.75, 3.05) is 6.26 Å². The second-order valence-electron chi connectivity index (χ2n) is 6.14. The number of carbonyl (C=O) groups excluding carboxylic acids is 1. The lowest BCUT2D eigenvalue weighted by Gasteiger charge is -2.13. The first-order chi connectivity index (χ1) is 12.8. The number of nitrogens with one attached hydrogen (secondary N) is 1. The first kappa shape index (κ1) is 18.7. The van der Waals surface area contributed by atoms with E-state index in [1.807, 2.05) is 37.3 Å². The zero-order valence-corrected chi connectivity index (χ0v) is 15.7. The monoisotopic (exact) mass is 385 g/mol. The number of tetrazole rings is 1. The molecule has 0 saturated carbocycles. The van der Waals surface area contributed by atoms with Crippen molar-refractivity contribution in [3.63, 3.8) is 0 Å². The van der Waals surface area contributed by atoms with E-state index in [-0.39, 0.29) is 23.4 Å². The van der Waals surface area contributed by atoms with Gasteiger partial charge in [0.15, 0.2) is 9.84 Å². The number of rotatable bonds is 6. The second-order valence-corrected chi connectivity index (χ2v) is 8.16. The summed E-state index contributed by atoms with van der Waals surface area (Å²) in [5, 5.41) is 14.9. The Morgan fingerprint density at radius 1 is 1.11 bits per heavy atom. The van der Waals surface area contributed by atoms with Gasteiger partial charge in [0.1, 0.15) is 6.54 Å². The molecular formula is C18H19N5O3S. The molecule has 2 aromatic carbocycles. The Morgan fingerprint density at radius 3 is 2.41 bits per heavy atom. The van der Waals surface area contributed by atoms with Crippen molar-refractivity contribution in [1.82, 2.24) is 25.5 Å². The van der Waals surface area contributed by atoms with Crippen LogP contribution in [0.15, 0.2) is 59.5 Å². The van der Waals surface area contributed by atoms with Crippen LogP contribution in [-0.4, -0.2) is 40.8 Å². The molecular weight excluding hydrogens is 366 g/mol. The van der Waals surface area contributed by atoms with Gasteiger partial charge in [0, 0.05) is 11.8 Å². The summed E-state index contributed by atoms with van der Waals surface area (Å²) < 4.78 is 23.0. The van der Waals surface area contributed by atoms with Crippen LogP contribution in [0.4, 0.5) is 0 Å². The van der Waals surface area contributed by atoms with Crippen molar-refractivity contribution in [2.24, 2.45) is 0 Å². The molecule has 0 fully saturated rings. The molecule has 0 spiro atoms. The van der Waals surface area contributed by atoms with Crippen LogP contribution in [0.2, 0.25) is 0 Å². The summed E-state index contributed by atoms with van der Waals surface area (Å²) in [4.78, 5) is 13.6.